The highest BCUT2D eigenvalue weighted by Crippen LogP contribution is 2.18. The molecule has 1 heterocycles. The predicted molar refractivity (Wildman–Crippen MR) is 61.8 cm³/mol. The summed E-state index contributed by atoms with van der Waals surface area (Å²) in [5.74, 6) is 0. The minimum Gasteiger partial charge on any atom is -0.320 e. The monoisotopic (exact) mass is 213 g/mol. The summed E-state index contributed by atoms with van der Waals surface area (Å²) in [7, 11) is 1.98. The van der Waals surface area contributed by atoms with Crippen LogP contribution in [0.2, 0.25) is 0 Å². The zero-order chi connectivity index (χ0) is 10.4. The summed E-state index contributed by atoms with van der Waals surface area (Å²) < 4.78 is 0. The van der Waals surface area contributed by atoms with Crippen molar-refractivity contribution in [1.29, 1.82) is 0 Å². The second-order valence-electron chi connectivity index (χ2n) is 3.44. The first-order valence-electron chi connectivity index (χ1n) is 5.04. The van der Waals surface area contributed by atoms with Gasteiger partial charge < -0.3 is 10.6 Å². The van der Waals surface area contributed by atoms with E-state index in [4.69, 9.17) is 0 Å². The molecule has 0 amide bonds. The van der Waals surface area contributed by atoms with Crippen molar-refractivity contribution in [2.45, 2.75) is 26.3 Å². The molecule has 0 aromatic carbocycles. The maximum Gasteiger partial charge on any atom is 0.109 e. The number of aromatic nitrogens is 1. The molecule has 0 saturated heterocycles. The Morgan fingerprint density at radius 2 is 2.29 bits per heavy atom. The highest BCUT2D eigenvalue weighted by atomic mass is 32.1. The molecule has 1 aromatic rings. The molecule has 0 aliphatic carbocycles. The molecule has 0 bridgehead atoms. The quantitative estimate of drug-likeness (QED) is 0.706. The summed E-state index contributed by atoms with van der Waals surface area (Å²) in [6.07, 6.45) is 3.09. The lowest BCUT2D eigenvalue weighted by molar-refractivity contribution is 0.547. The average Bonchev–Trinajstić information content (AvgIpc) is 2.59. The maximum absolute atomic E-state index is 4.35. The fraction of sp³-hybridized carbons (Fsp3) is 0.700. The molecule has 1 aromatic heterocycles. The number of nitrogens with one attached hydrogen (secondary N) is 2. The molecule has 14 heavy (non-hydrogen) atoms. The molecule has 0 fully saturated rings. The number of aryl methyl sites for hydroxylation is 1. The van der Waals surface area contributed by atoms with E-state index in [1.807, 2.05) is 13.2 Å². The first kappa shape index (κ1) is 11.6. The number of nitrogens with zero attached hydrogens (tertiary/aromatic N) is 1. The van der Waals surface area contributed by atoms with Gasteiger partial charge in [0, 0.05) is 11.1 Å². The Morgan fingerprint density at radius 1 is 1.50 bits per heavy atom. The number of thiazole rings is 1. The van der Waals surface area contributed by atoms with Gasteiger partial charge in [-0.15, -0.1) is 11.3 Å². The molecule has 0 spiro atoms. The molecular formula is C10H19N3S. The van der Waals surface area contributed by atoms with Crippen LogP contribution in [-0.4, -0.2) is 25.1 Å². The van der Waals surface area contributed by atoms with Crippen molar-refractivity contribution in [2.75, 3.05) is 20.1 Å². The van der Waals surface area contributed by atoms with Gasteiger partial charge in [-0.1, -0.05) is 0 Å². The molecule has 0 saturated carbocycles. The SMILES string of the molecule is CNCCCNC(C)c1ncc(C)s1. The summed E-state index contributed by atoms with van der Waals surface area (Å²) in [6.45, 7) is 6.36. The van der Waals surface area contributed by atoms with E-state index < -0.39 is 0 Å². The summed E-state index contributed by atoms with van der Waals surface area (Å²) in [5, 5.41) is 7.77. The van der Waals surface area contributed by atoms with Crippen LogP contribution >= 0.6 is 11.3 Å². The van der Waals surface area contributed by atoms with E-state index >= 15 is 0 Å². The summed E-state index contributed by atoms with van der Waals surface area (Å²) in [4.78, 5) is 5.64. The number of rotatable bonds is 6. The van der Waals surface area contributed by atoms with Gasteiger partial charge >= 0.3 is 0 Å². The van der Waals surface area contributed by atoms with E-state index in [1.165, 1.54) is 9.88 Å². The van der Waals surface area contributed by atoms with Crippen LogP contribution in [0.4, 0.5) is 0 Å². The van der Waals surface area contributed by atoms with Crippen LogP contribution < -0.4 is 10.6 Å². The molecule has 1 rings (SSSR count). The Bertz CT molecular complexity index is 260. The topological polar surface area (TPSA) is 37.0 Å². The lowest BCUT2D eigenvalue weighted by Gasteiger charge is -2.10. The van der Waals surface area contributed by atoms with Crippen molar-refractivity contribution in [3.05, 3.63) is 16.1 Å². The Labute approximate surface area is 89.9 Å². The van der Waals surface area contributed by atoms with Crippen molar-refractivity contribution in [3.63, 3.8) is 0 Å². The molecule has 1 unspecified atom stereocenters. The van der Waals surface area contributed by atoms with Crippen LogP contribution in [0.15, 0.2) is 6.20 Å². The van der Waals surface area contributed by atoms with Crippen LogP contribution in [0.3, 0.4) is 0 Å². The van der Waals surface area contributed by atoms with E-state index in [1.54, 1.807) is 11.3 Å². The Hall–Kier alpha value is -0.450. The van der Waals surface area contributed by atoms with E-state index in [-0.39, 0.29) is 0 Å². The van der Waals surface area contributed by atoms with Crippen molar-refractivity contribution in [3.8, 4) is 0 Å². The third kappa shape index (κ3) is 3.74. The molecule has 0 aliphatic heterocycles. The van der Waals surface area contributed by atoms with E-state index in [9.17, 15) is 0 Å². The van der Waals surface area contributed by atoms with Gasteiger partial charge in [-0.3, -0.25) is 0 Å². The first-order valence-corrected chi connectivity index (χ1v) is 5.86. The fourth-order valence-electron chi connectivity index (χ4n) is 1.24. The Balaban J connectivity index is 2.25. The molecule has 80 valence electrons. The van der Waals surface area contributed by atoms with Crippen molar-refractivity contribution < 1.29 is 0 Å². The van der Waals surface area contributed by atoms with Gasteiger partial charge in [-0.2, -0.15) is 0 Å². The van der Waals surface area contributed by atoms with Gasteiger partial charge in [0.15, 0.2) is 0 Å². The third-order valence-electron chi connectivity index (χ3n) is 2.06. The van der Waals surface area contributed by atoms with Crippen LogP contribution in [0.1, 0.15) is 29.3 Å². The summed E-state index contributed by atoms with van der Waals surface area (Å²) in [6, 6.07) is 0.380. The molecule has 1 atom stereocenters. The van der Waals surface area contributed by atoms with Gasteiger partial charge in [0.2, 0.25) is 0 Å². The van der Waals surface area contributed by atoms with Gasteiger partial charge in [0.1, 0.15) is 5.01 Å². The minimum absolute atomic E-state index is 0.380. The minimum atomic E-state index is 0.380. The molecule has 3 nitrogen and oxygen atoms in total. The average molecular weight is 213 g/mol. The highest BCUT2D eigenvalue weighted by Gasteiger charge is 2.07. The molecule has 0 radical (unpaired) electrons. The second-order valence-corrected chi connectivity index (χ2v) is 4.71. The normalized spacial score (nSPS) is 13.1. The van der Waals surface area contributed by atoms with E-state index in [0.717, 1.165) is 19.5 Å². The zero-order valence-electron chi connectivity index (χ0n) is 9.13. The fourth-order valence-corrected chi connectivity index (χ4v) is 2.04. The van der Waals surface area contributed by atoms with Crippen LogP contribution in [0.25, 0.3) is 0 Å². The van der Waals surface area contributed by atoms with E-state index in [0.29, 0.717) is 6.04 Å². The van der Waals surface area contributed by atoms with Crippen LogP contribution in [0.5, 0.6) is 0 Å². The van der Waals surface area contributed by atoms with Crippen molar-refractivity contribution in [2.24, 2.45) is 0 Å². The number of hydrogen-bond acceptors (Lipinski definition) is 4. The Morgan fingerprint density at radius 3 is 2.86 bits per heavy atom. The lowest BCUT2D eigenvalue weighted by Crippen LogP contribution is -2.22. The van der Waals surface area contributed by atoms with Crippen molar-refractivity contribution >= 4 is 11.3 Å². The predicted octanol–water partition coefficient (Wildman–Crippen LogP) is 1.71. The Kier molecular flexibility index (Phi) is 5.07. The molecular weight excluding hydrogens is 194 g/mol. The molecule has 0 aliphatic rings. The van der Waals surface area contributed by atoms with Crippen molar-refractivity contribution in [1.82, 2.24) is 15.6 Å². The number of hydrogen-bond donors (Lipinski definition) is 2. The summed E-state index contributed by atoms with van der Waals surface area (Å²) >= 11 is 1.77. The van der Waals surface area contributed by atoms with Crippen LogP contribution in [-0.2, 0) is 0 Å². The first-order chi connectivity index (χ1) is 6.74. The highest BCUT2D eigenvalue weighted by molar-refractivity contribution is 7.11. The van der Waals surface area contributed by atoms with E-state index in [2.05, 4.69) is 29.5 Å². The van der Waals surface area contributed by atoms with Gasteiger partial charge in [-0.05, 0) is 40.4 Å². The molecule has 4 heteroatoms. The van der Waals surface area contributed by atoms with Gasteiger partial charge in [0.25, 0.3) is 0 Å². The zero-order valence-corrected chi connectivity index (χ0v) is 9.95. The largest absolute Gasteiger partial charge is 0.320 e. The van der Waals surface area contributed by atoms with Gasteiger partial charge in [-0.25, -0.2) is 4.98 Å². The van der Waals surface area contributed by atoms with Gasteiger partial charge in [0.05, 0.1) is 6.04 Å². The lowest BCUT2D eigenvalue weighted by atomic mass is 10.3. The third-order valence-corrected chi connectivity index (χ3v) is 3.16. The molecule has 2 N–H and O–H groups in total. The van der Waals surface area contributed by atoms with Crippen LogP contribution in [0, 0.1) is 6.92 Å². The maximum atomic E-state index is 4.35. The summed E-state index contributed by atoms with van der Waals surface area (Å²) in [5.41, 5.74) is 0. The second kappa shape index (κ2) is 6.11. The smallest absolute Gasteiger partial charge is 0.109 e. The standard InChI is InChI=1S/C10H19N3S/c1-8-7-13-10(14-8)9(2)12-6-4-5-11-3/h7,9,11-12H,4-6H2,1-3H3.